The summed E-state index contributed by atoms with van der Waals surface area (Å²) in [6.45, 7) is 5.60. The molecule has 0 unspecified atom stereocenters. The van der Waals surface area contributed by atoms with Crippen LogP contribution in [0.25, 0.3) is 0 Å². The Hall–Kier alpha value is -2.02. The topological polar surface area (TPSA) is 58.1 Å². The maximum Gasteiger partial charge on any atom is 0.223 e. The third-order valence-corrected chi connectivity index (χ3v) is 5.22. The lowest BCUT2D eigenvalue weighted by molar-refractivity contribution is -0.125. The molecule has 0 atom stereocenters. The van der Waals surface area contributed by atoms with Gasteiger partial charge in [0.15, 0.2) is 0 Å². The van der Waals surface area contributed by atoms with Crippen molar-refractivity contribution in [1.82, 2.24) is 14.7 Å². The first kappa shape index (κ1) is 16.8. The number of hydrogen-bond donors (Lipinski definition) is 1. The molecule has 128 valence electrons. The second-order valence-corrected chi connectivity index (χ2v) is 6.92. The Morgan fingerprint density at radius 1 is 1.38 bits per heavy atom. The van der Waals surface area contributed by atoms with E-state index < -0.39 is 0 Å². The molecule has 0 aliphatic carbocycles. The number of anilines is 1. The maximum atomic E-state index is 13.5. The van der Waals surface area contributed by atoms with Crippen LogP contribution < -0.4 is 10.2 Å². The number of aryl methyl sites for hydroxylation is 2. The standard InChI is InChI=1S/C17H21FN4OS/c1-11-3-4-13(9-15(11)18)10-19-16(23)14-5-7-22(8-6-14)17-20-12(2)21-24-17/h3-4,9,14H,5-8,10H2,1-2H3,(H,19,23). The van der Waals surface area contributed by atoms with E-state index in [4.69, 9.17) is 0 Å². The Kier molecular flexibility index (Phi) is 5.08. The lowest BCUT2D eigenvalue weighted by atomic mass is 9.96. The minimum absolute atomic E-state index is 0.00515. The van der Waals surface area contributed by atoms with Crippen molar-refractivity contribution in [2.75, 3.05) is 18.0 Å². The highest BCUT2D eigenvalue weighted by Crippen LogP contribution is 2.24. The number of nitrogens with one attached hydrogen (secondary N) is 1. The fraction of sp³-hybridized carbons (Fsp3) is 0.471. The predicted molar refractivity (Wildman–Crippen MR) is 92.6 cm³/mol. The normalized spacial score (nSPS) is 15.5. The van der Waals surface area contributed by atoms with Crippen molar-refractivity contribution in [2.24, 2.45) is 5.92 Å². The van der Waals surface area contributed by atoms with Crippen LogP contribution in [-0.2, 0) is 11.3 Å². The Balaban J connectivity index is 1.49. The molecule has 1 aromatic carbocycles. The van der Waals surface area contributed by atoms with E-state index in [1.807, 2.05) is 13.0 Å². The summed E-state index contributed by atoms with van der Waals surface area (Å²) in [4.78, 5) is 18.9. The summed E-state index contributed by atoms with van der Waals surface area (Å²) in [6.07, 6.45) is 1.60. The molecule has 0 saturated carbocycles. The van der Waals surface area contributed by atoms with Gasteiger partial charge in [-0.3, -0.25) is 4.79 Å². The molecule has 7 heteroatoms. The molecule has 5 nitrogen and oxygen atoms in total. The van der Waals surface area contributed by atoms with Crippen LogP contribution in [0.4, 0.5) is 9.52 Å². The molecule has 1 aliphatic heterocycles. The van der Waals surface area contributed by atoms with Gasteiger partial charge in [0, 0.05) is 37.1 Å². The molecule has 0 spiro atoms. The van der Waals surface area contributed by atoms with Gasteiger partial charge in [0.05, 0.1) is 0 Å². The van der Waals surface area contributed by atoms with Crippen LogP contribution in [0.2, 0.25) is 0 Å². The molecule has 0 bridgehead atoms. The summed E-state index contributed by atoms with van der Waals surface area (Å²) >= 11 is 1.40. The number of hydrogen-bond acceptors (Lipinski definition) is 5. The summed E-state index contributed by atoms with van der Waals surface area (Å²) in [5, 5.41) is 3.86. The first-order valence-electron chi connectivity index (χ1n) is 8.11. The largest absolute Gasteiger partial charge is 0.352 e. The highest BCUT2D eigenvalue weighted by Gasteiger charge is 2.26. The molecule has 0 radical (unpaired) electrons. The Bertz CT molecular complexity index is 725. The van der Waals surface area contributed by atoms with E-state index in [9.17, 15) is 9.18 Å². The number of aromatic nitrogens is 2. The van der Waals surface area contributed by atoms with Crippen molar-refractivity contribution < 1.29 is 9.18 Å². The van der Waals surface area contributed by atoms with E-state index in [0.717, 1.165) is 42.5 Å². The monoisotopic (exact) mass is 348 g/mol. The summed E-state index contributed by atoms with van der Waals surface area (Å²) in [6, 6.07) is 5.06. The van der Waals surface area contributed by atoms with Gasteiger partial charge < -0.3 is 10.2 Å². The van der Waals surface area contributed by atoms with Crippen molar-refractivity contribution in [3.8, 4) is 0 Å². The molecule has 3 rings (SSSR count). The Morgan fingerprint density at radius 2 is 2.12 bits per heavy atom. The zero-order valence-corrected chi connectivity index (χ0v) is 14.7. The van der Waals surface area contributed by atoms with Crippen LogP contribution in [0, 0.1) is 25.6 Å². The molecular weight excluding hydrogens is 327 g/mol. The van der Waals surface area contributed by atoms with Gasteiger partial charge in [-0.15, -0.1) is 0 Å². The Labute approximate surface area is 145 Å². The number of rotatable bonds is 4. The third-order valence-electron chi connectivity index (χ3n) is 4.36. The van der Waals surface area contributed by atoms with E-state index >= 15 is 0 Å². The zero-order valence-electron chi connectivity index (χ0n) is 13.9. The van der Waals surface area contributed by atoms with E-state index in [0.29, 0.717) is 12.1 Å². The van der Waals surface area contributed by atoms with Gasteiger partial charge in [-0.05, 0) is 43.9 Å². The molecule has 24 heavy (non-hydrogen) atoms. The molecule has 1 fully saturated rings. The van der Waals surface area contributed by atoms with Crippen LogP contribution in [0.15, 0.2) is 18.2 Å². The number of halogens is 1. The maximum absolute atomic E-state index is 13.5. The van der Waals surface area contributed by atoms with Gasteiger partial charge in [-0.2, -0.15) is 4.37 Å². The number of carbonyl (C=O) groups is 1. The molecule has 1 aliphatic rings. The zero-order chi connectivity index (χ0) is 17.1. The number of nitrogens with zero attached hydrogens (tertiary/aromatic N) is 3. The Morgan fingerprint density at radius 3 is 2.75 bits per heavy atom. The van der Waals surface area contributed by atoms with Crippen molar-refractivity contribution in [3.05, 3.63) is 41.0 Å². The minimum Gasteiger partial charge on any atom is -0.352 e. The lowest BCUT2D eigenvalue weighted by Crippen LogP contribution is -2.40. The summed E-state index contributed by atoms with van der Waals surface area (Å²) in [7, 11) is 0. The molecule has 1 saturated heterocycles. The highest BCUT2D eigenvalue weighted by atomic mass is 32.1. The predicted octanol–water partition coefficient (Wildman–Crippen LogP) is 2.83. The third kappa shape index (κ3) is 3.90. The smallest absolute Gasteiger partial charge is 0.223 e. The van der Waals surface area contributed by atoms with Crippen LogP contribution in [0.3, 0.4) is 0 Å². The van der Waals surface area contributed by atoms with Crippen LogP contribution in [0.5, 0.6) is 0 Å². The molecule has 2 aromatic rings. The van der Waals surface area contributed by atoms with Crippen molar-refractivity contribution in [2.45, 2.75) is 33.2 Å². The number of carbonyl (C=O) groups excluding carboxylic acids is 1. The second kappa shape index (κ2) is 7.25. The van der Waals surface area contributed by atoms with E-state index in [1.165, 1.54) is 17.6 Å². The summed E-state index contributed by atoms with van der Waals surface area (Å²) in [5.41, 5.74) is 1.40. The molecule has 1 N–H and O–H groups in total. The number of amides is 1. The SMILES string of the molecule is Cc1nsc(N2CCC(C(=O)NCc3ccc(C)c(F)c3)CC2)n1. The minimum atomic E-state index is -0.234. The average molecular weight is 348 g/mol. The van der Waals surface area contributed by atoms with Gasteiger partial charge in [0.2, 0.25) is 11.0 Å². The van der Waals surface area contributed by atoms with Crippen molar-refractivity contribution in [3.63, 3.8) is 0 Å². The fourth-order valence-corrected chi connectivity index (χ4v) is 3.55. The lowest BCUT2D eigenvalue weighted by Gasteiger charge is -2.30. The fourth-order valence-electron chi connectivity index (χ4n) is 2.83. The van der Waals surface area contributed by atoms with Crippen LogP contribution in [0.1, 0.15) is 29.8 Å². The van der Waals surface area contributed by atoms with E-state index in [1.54, 1.807) is 13.0 Å². The van der Waals surface area contributed by atoms with Crippen LogP contribution in [-0.4, -0.2) is 28.4 Å². The van der Waals surface area contributed by atoms with Gasteiger partial charge in [0.1, 0.15) is 11.6 Å². The molecular formula is C17H21FN4OS. The quantitative estimate of drug-likeness (QED) is 0.923. The van der Waals surface area contributed by atoms with Crippen LogP contribution >= 0.6 is 11.5 Å². The van der Waals surface area contributed by atoms with Crippen molar-refractivity contribution in [1.29, 1.82) is 0 Å². The molecule has 1 amide bonds. The van der Waals surface area contributed by atoms with Crippen molar-refractivity contribution >= 4 is 22.6 Å². The second-order valence-electron chi connectivity index (χ2n) is 6.19. The first-order valence-corrected chi connectivity index (χ1v) is 8.88. The van der Waals surface area contributed by atoms with Gasteiger partial charge in [-0.25, -0.2) is 9.37 Å². The summed E-state index contributed by atoms with van der Waals surface area (Å²) < 4.78 is 17.7. The molecule has 2 heterocycles. The first-order chi connectivity index (χ1) is 11.5. The van der Waals surface area contributed by atoms with Gasteiger partial charge in [0.25, 0.3) is 0 Å². The number of piperidine rings is 1. The average Bonchev–Trinajstić information content (AvgIpc) is 3.02. The summed E-state index contributed by atoms with van der Waals surface area (Å²) in [5.74, 6) is 0.609. The van der Waals surface area contributed by atoms with Gasteiger partial charge in [-0.1, -0.05) is 12.1 Å². The van der Waals surface area contributed by atoms with Gasteiger partial charge >= 0.3 is 0 Å². The highest BCUT2D eigenvalue weighted by molar-refractivity contribution is 7.09. The van der Waals surface area contributed by atoms with E-state index in [2.05, 4.69) is 19.6 Å². The molecule has 1 aromatic heterocycles. The number of benzene rings is 1. The van der Waals surface area contributed by atoms with E-state index in [-0.39, 0.29) is 17.6 Å².